The molecule has 0 radical (unpaired) electrons. The fourth-order valence-electron chi connectivity index (χ4n) is 2.84. The monoisotopic (exact) mass is 202 g/mol. The van der Waals surface area contributed by atoms with Crippen LogP contribution in [0.1, 0.15) is 25.7 Å². The lowest BCUT2D eigenvalue weighted by atomic mass is 10.1. The first-order valence-corrected chi connectivity index (χ1v) is 9.28. The van der Waals surface area contributed by atoms with Crippen LogP contribution in [-0.4, -0.2) is 37.0 Å². The topological polar surface area (TPSA) is 0 Å². The van der Waals surface area contributed by atoms with Gasteiger partial charge in [0.2, 0.25) is 0 Å². The standard InChI is InChI=1S/C10H20P2/c1-11-7-3-5-9(11)10-6-4-8-12(10)2/h9-10H,3-8H2,1-2H3/t9-,10-,11+,12?/m1/s1. The van der Waals surface area contributed by atoms with Gasteiger partial charge in [0.25, 0.3) is 0 Å². The average Bonchev–Trinajstić information content (AvgIpc) is 2.59. The molecule has 70 valence electrons. The lowest BCUT2D eigenvalue weighted by Gasteiger charge is -2.26. The van der Waals surface area contributed by atoms with Crippen LogP contribution in [0.2, 0.25) is 0 Å². The van der Waals surface area contributed by atoms with E-state index in [1.807, 2.05) is 0 Å². The highest BCUT2D eigenvalue weighted by Crippen LogP contribution is 2.59. The minimum Gasteiger partial charge on any atom is -0.106 e. The molecule has 0 saturated carbocycles. The van der Waals surface area contributed by atoms with Crippen molar-refractivity contribution in [2.45, 2.75) is 37.0 Å². The van der Waals surface area contributed by atoms with Crippen molar-refractivity contribution in [1.82, 2.24) is 0 Å². The van der Waals surface area contributed by atoms with Gasteiger partial charge in [0.15, 0.2) is 0 Å². The van der Waals surface area contributed by atoms with Gasteiger partial charge in [-0.2, -0.15) is 0 Å². The molecule has 2 aliphatic heterocycles. The van der Waals surface area contributed by atoms with E-state index in [0.29, 0.717) is 15.8 Å². The Morgan fingerprint density at radius 2 is 1.25 bits per heavy atom. The molecule has 2 fully saturated rings. The highest BCUT2D eigenvalue weighted by atomic mass is 31.1. The van der Waals surface area contributed by atoms with E-state index in [1.165, 1.54) is 11.3 Å². The molecule has 2 rings (SSSR count). The van der Waals surface area contributed by atoms with Crippen LogP contribution < -0.4 is 0 Å². The summed E-state index contributed by atoms with van der Waals surface area (Å²) in [7, 11) is 0.900. The summed E-state index contributed by atoms with van der Waals surface area (Å²) in [6, 6.07) is 0. The first kappa shape index (κ1) is 9.42. The minimum atomic E-state index is 0.450. The van der Waals surface area contributed by atoms with Crippen LogP contribution in [-0.2, 0) is 0 Å². The zero-order chi connectivity index (χ0) is 8.55. The molecule has 12 heavy (non-hydrogen) atoms. The maximum atomic E-state index is 2.55. The van der Waals surface area contributed by atoms with Crippen molar-refractivity contribution in [2.24, 2.45) is 0 Å². The Bertz CT molecular complexity index is 140. The van der Waals surface area contributed by atoms with Gasteiger partial charge in [-0.3, -0.25) is 0 Å². The quantitative estimate of drug-likeness (QED) is 0.570. The molecule has 0 aromatic rings. The van der Waals surface area contributed by atoms with Gasteiger partial charge in [0.05, 0.1) is 0 Å². The van der Waals surface area contributed by atoms with Crippen LogP contribution in [0, 0.1) is 0 Å². The minimum absolute atomic E-state index is 0.450. The van der Waals surface area contributed by atoms with E-state index < -0.39 is 0 Å². The Kier molecular flexibility index (Phi) is 3.09. The Labute approximate surface area is 79.0 Å². The van der Waals surface area contributed by atoms with Crippen LogP contribution in [0.15, 0.2) is 0 Å². The maximum absolute atomic E-state index is 2.55. The second kappa shape index (κ2) is 3.93. The van der Waals surface area contributed by atoms with E-state index in [2.05, 4.69) is 13.3 Å². The highest BCUT2D eigenvalue weighted by Gasteiger charge is 2.35. The van der Waals surface area contributed by atoms with E-state index in [1.54, 1.807) is 38.0 Å². The molecule has 0 aromatic carbocycles. The first-order valence-electron chi connectivity index (χ1n) is 5.19. The van der Waals surface area contributed by atoms with Gasteiger partial charge < -0.3 is 0 Å². The van der Waals surface area contributed by atoms with E-state index in [4.69, 9.17) is 0 Å². The lowest BCUT2D eigenvalue weighted by molar-refractivity contribution is 0.696. The summed E-state index contributed by atoms with van der Waals surface area (Å²) in [6.07, 6.45) is 9.43. The van der Waals surface area contributed by atoms with Gasteiger partial charge in [0, 0.05) is 0 Å². The van der Waals surface area contributed by atoms with Crippen molar-refractivity contribution in [3.05, 3.63) is 0 Å². The molecule has 0 nitrogen and oxygen atoms in total. The molecular formula is C10H20P2. The number of hydrogen-bond donors (Lipinski definition) is 0. The predicted molar refractivity (Wildman–Crippen MR) is 61.5 cm³/mol. The summed E-state index contributed by atoms with van der Waals surface area (Å²) in [5, 5.41) is 0. The molecule has 0 aromatic heterocycles. The lowest BCUT2D eigenvalue weighted by Crippen LogP contribution is -2.16. The summed E-state index contributed by atoms with van der Waals surface area (Å²) < 4.78 is 0. The van der Waals surface area contributed by atoms with E-state index in [0.717, 1.165) is 0 Å². The van der Waals surface area contributed by atoms with Gasteiger partial charge in [-0.1, -0.05) is 0 Å². The smallest absolute Gasteiger partial charge is 0.0144 e. The van der Waals surface area contributed by atoms with Crippen LogP contribution in [0.5, 0.6) is 0 Å². The van der Waals surface area contributed by atoms with Crippen LogP contribution in [0.3, 0.4) is 0 Å². The molecule has 0 N–H and O–H groups in total. The molecule has 2 aliphatic rings. The summed E-state index contributed by atoms with van der Waals surface area (Å²) in [4.78, 5) is 0. The Balaban J connectivity index is 1.98. The first-order chi connectivity index (χ1) is 5.79. The second-order valence-electron chi connectivity index (χ2n) is 4.38. The van der Waals surface area contributed by atoms with Crippen molar-refractivity contribution in [1.29, 1.82) is 0 Å². The third-order valence-electron chi connectivity index (χ3n) is 3.60. The van der Waals surface area contributed by atoms with Gasteiger partial charge in [0.1, 0.15) is 0 Å². The molecule has 0 spiro atoms. The molecular weight excluding hydrogens is 182 g/mol. The molecule has 1 unspecified atom stereocenters. The van der Waals surface area contributed by atoms with Crippen molar-refractivity contribution in [3.63, 3.8) is 0 Å². The normalized spacial score (nSPS) is 48.5. The van der Waals surface area contributed by atoms with Crippen molar-refractivity contribution < 1.29 is 0 Å². The zero-order valence-electron chi connectivity index (χ0n) is 8.29. The fourth-order valence-corrected chi connectivity index (χ4v) is 8.96. The van der Waals surface area contributed by atoms with Gasteiger partial charge in [-0.05, 0) is 62.7 Å². The predicted octanol–water partition coefficient (Wildman–Crippen LogP) is 3.53. The summed E-state index contributed by atoms with van der Waals surface area (Å²) in [5.41, 5.74) is 2.39. The van der Waals surface area contributed by atoms with Gasteiger partial charge >= 0.3 is 0 Å². The highest BCUT2D eigenvalue weighted by molar-refractivity contribution is 7.62. The number of rotatable bonds is 1. The van der Waals surface area contributed by atoms with E-state index in [-0.39, 0.29) is 0 Å². The molecule has 2 heterocycles. The molecule has 2 saturated heterocycles. The average molecular weight is 202 g/mol. The molecule has 4 atom stereocenters. The zero-order valence-corrected chi connectivity index (χ0v) is 10.1. The Morgan fingerprint density at radius 3 is 1.50 bits per heavy atom. The Hall–Kier alpha value is 0.860. The summed E-state index contributed by atoms with van der Waals surface area (Å²) >= 11 is 0. The molecule has 2 heteroatoms. The second-order valence-corrected chi connectivity index (χ2v) is 9.63. The molecule has 0 bridgehead atoms. The van der Waals surface area contributed by atoms with Gasteiger partial charge in [-0.15, -0.1) is 15.8 Å². The van der Waals surface area contributed by atoms with E-state index in [9.17, 15) is 0 Å². The van der Waals surface area contributed by atoms with E-state index >= 15 is 0 Å². The summed E-state index contributed by atoms with van der Waals surface area (Å²) in [6.45, 7) is 5.10. The van der Waals surface area contributed by atoms with Crippen LogP contribution >= 0.6 is 15.8 Å². The van der Waals surface area contributed by atoms with Crippen molar-refractivity contribution in [3.8, 4) is 0 Å². The summed E-state index contributed by atoms with van der Waals surface area (Å²) in [5.74, 6) is 0. The third kappa shape index (κ3) is 1.71. The molecule has 0 aliphatic carbocycles. The Morgan fingerprint density at radius 1 is 0.833 bits per heavy atom. The van der Waals surface area contributed by atoms with Crippen molar-refractivity contribution >= 4 is 15.8 Å². The van der Waals surface area contributed by atoms with Crippen LogP contribution in [0.4, 0.5) is 0 Å². The molecule has 0 amide bonds. The van der Waals surface area contributed by atoms with Gasteiger partial charge in [-0.25, -0.2) is 0 Å². The SMILES string of the molecule is CP1CCC[C@@H]1[C@H]1CCC[P@]1C. The van der Waals surface area contributed by atoms with Crippen molar-refractivity contribution in [2.75, 3.05) is 25.7 Å². The maximum Gasteiger partial charge on any atom is -0.0144 e. The fraction of sp³-hybridized carbons (Fsp3) is 1.00. The number of hydrogen-bond acceptors (Lipinski definition) is 0. The largest absolute Gasteiger partial charge is 0.106 e. The third-order valence-corrected chi connectivity index (χ3v) is 9.38. The van der Waals surface area contributed by atoms with Crippen LogP contribution in [0.25, 0.3) is 0 Å².